The number of fused-ring (bicyclic) bond motifs is 1. The standard InChI is InChI=1S/C17H20N2OS/c1-3-12-9-10-21-17(12)14(18-4-2)11-16-19-13-7-5-6-8-15(13)20-16/h5-10,14,18H,3-4,11H2,1-2H3. The van der Waals surface area contributed by atoms with Gasteiger partial charge in [0.1, 0.15) is 5.52 Å². The molecule has 0 aliphatic rings. The molecule has 0 aliphatic heterocycles. The zero-order valence-electron chi connectivity index (χ0n) is 12.4. The van der Waals surface area contributed by atoms with Gasteiger partial charge in [0, 0.05) is 11.3 Å². The number of benzene rings is 1. The summed E-state index contributed by atoms with van der Waals surface area (Å²) in [6, 6.07) is 10.4. The molecule has 3 aromatic rings. The monoisotopic (exact) mass is 300 g/mol. The van der Waals surface area contributed by atoms with Crippen LogP contribution in [-0.4, -0.2) is 11.5 Å². The van der Waals surface area contributed by atoms with Crippen LogP contribution in [0.25, 0.3) is 11.1 Å². The van der Waals surface area contributed by atoms with Gasteiger partial charge in [-0.2, -0.15) is 0 Å². The van der Waals surface area contributed by atoms with E-state index in [9.17, 15) is 0 Å². The van der Waals surface area contributed by atoms with E-state index in [-0.39, 0.29) is 6.04 Å². The van der Waals surface area contributed by atoms with Crippen LogP contribution in [0.2, 0.25) is 0 Å². The molecule has 2 aromatic heterocycles. The van der Waals surface area contributed by atoms with Gasteiger partial charge in [-0.25, -0.2) is 4.98 Å². The summed E-state index contributed by atoms with van der Waals surface area (Å²) < 4.78 is 5.87. The highest BCUT2D eigenvalue weighted by Gasteiger charge is 2.18. The molecule has 1 unspecified atom stereocenters. The van der Waals surface area contributed by atoms with Crippen molar-refractivity contribution in [2.75, 3.05) is 6.54 Å². The second-order valence-electron chi connectivity index (χ2n) is 5.05. The van der Waals surface area contributed by atoms with Gasteiger partial charge in [-0.05, 0) is 42.1 Å². The van der Waals surface area contributed by atoms with Crippen LogP contribution in [0.1, 0.15) is 36.2 Å². The van der Waals surface area contributed by atoms with Gasteiger partial charge in [0.15, 0.2) is 11.5 Å². The number of hydrogen-bond acceptors (Lipinski definition) is 4. The summed E-state index contributed by atoms with van der Waals surface area (Å²) in [5.41, 5.74) is 3.22. The predicted octanol–water partition coefficient (Wildman–Crippen LogP) is 4.35. The third kappa shape index (κ3) is 3.01. The van der Waals surface area contributed by atoms with Gasteiger partial charge in [0.2, 0.25) is 0 Å². The van der Waals surface area contributed by atoms with E-state index in [1.807, 2.05) is 35.6 Å². The summed E-state index contributed by atoms with van der Waals surface area (Å²) in [7, 11) is 0. The van der Waals surface area contributed by atoms with Gasteiger partial charge in [-0.15, -0.1) is 11.3 Å². The molecule has 0 fully saturated rings. The molecule has 0 bridgehead atoms. The molecule has 3 nitrogen and oxygen atoms in total. The van der Waals surface area contributed by atoms with Gasteiger partial charge >= 0.3 is 0 Å². The van der Waals surface area contributed by atoms with Gasteiger partial charge in [-0.1, -0.05) is 26.0 Å². The third-order valence-electron chi connectivity index (χ3n) is 3.65. The summed E-state index contributed by atoms with van der Waals surface area (Å²) in [4.78, 5) is 6.00. The van der Waals surface area contributed by atoms with Crippen molar-refractivity contribution in [1.29, 1.82) is 0 Å². The summed E-state index contributed by atoms with van der Waals surface area (Å²) in [5.74, 6) is 0.803. The van der Waals surface area contributed by atoms with Crippen molar-refractivity contribution in [2.45, 2.75) is 32.7 Å². The maximum Gasteiger partial charge on any atom is 0.197 e. The third-order valence-corrected chi connectivity index (χ3v) is 4.72. The van der Waals surface area contributed by atoms with Gasteiger partial charge < -0.3 is 9.73 Å². The first-order chi connectivity index (χ1) is 10.3. The van der Waals surface area contributed by atoms with Crippen molar-refractivity contribution in [2.24, 2.45) is 0 Å². The zero-order chi connectivity index (χ0) is 14.7. The Balaban J connectivity index is 1.88. The summed E-state index contributed by atoms with van der Waals surface area (Å²) in [6.07, 6.45) is 1.85. The second kappa shape index (κ2) is 6.41. The molecule has 0 saturated heterocycles. The Morgan fingerprint density at radius 3 is 2.86 bits per heavy atom. The van der Waals surface area contributed by atoms with Crippen LogP contribution >= 0.6 is 11.3 Å². The van der Waals surface area contributed by atoms with Crippen LogP contribution in [0.15, 0.2) is 40.1 Å². The quantitative estimate of drug-likeness (QED) is 0.735. The average Bonchev–Trinajstić information content (AvgIpc) is 3.12. The molecular weight excluding hydrogens is 280 g/mol. The summed E-state index contributed by atoms with van der Waals surface area (Å²) in [5, 5.41) is 5.73. The number of thiophene rings is 1. The lowest BCUT2D eigenvalue weighted by molar-refractivity contribution is 0.463. The van der Waals surface area contributed by atoms with Crippen LogP contribution in [0.3, 0.4) is 0 Å². The SMILES string of the molecule is CCNC(Cc1nc2ccccc2o1)c1sccc1CC. The Bertz CT molecular complexity index is 683. The fraction of sp³-hybridized carbons (Fsp3) is 0.353. The number of rotatable bonds is 6. The number of oxazole rings is 1. The number of para-hydroxylation sites is 2. The first kappa shape index (κ1) is 14.3. The Hall–Kier alpha value is -1.65. The highest BCUT2D eigenvalue weighted by molar-refractivity contribution is 7.10. The van der Waals surface area contributed by atoms with Crippen molar-refractivity contribution in [3.63, 3.8) is 0 Å². The predicted molar refractivity (Wildman–Crippen MR) is 87.8 cm³/mol. The Kier molecular flexibility index (Phi) is 4.36. The molecule has 0 saturated carbocycles. The maximum atomic E-state index is 5.87. The number of hydrogen-bond donors (Lipinski definition) is 1. The Morgan fingerprint density at radius 2 is 2.10 bits per heavy atom. The maximum absolute atomic E-state index is 5.87. The topological polar surface area (TPSA) is 38.1 Å². The molecule has 3 rings (SSSR count). The molecule has 1 aromatic carbocycles. The van der Waals surface area contributed by atoms with Crippen molar-refractivity contribution < 1.29 is 4.42 Å². The molecule has 2 heterocycles. The minimum Gasteiger partial charge on any atom is -0.441 e. The molecule has 0 spiro atoms. The lowest BCUT2D eigenvalue weighted by atomic mass is 10.1. The lowest BCUT2D eigenvalue weighted by Crippen LogP contribution is -2.23. The smallest absolute Gasteiger partial charge is 0.197 e. The molecule has 21 heavy (non-hydrogen) atoms. The van der Waals surface area contributed by atoms with Crippen molar-refractivity contribution in [3.8, 4) is 0 Å². The van der Waals surface area contributed by atoms with Crippen LogP contribution < -0.4 is 5.32 Å². The van der Waals surface area contributed by atoms with Gasteiger partial charge in [0.05, 0.1) is 6.04 Å². The fourth-order valence-corrected chi connectivity index (χ4v) is 3.70. The minimum atomic E-state index is 0.276. The second-order valence-corrected chi connectivity index (χ2v) is 6.00. The van der Waals surface area contributed by atoms with Gasteiger partial charge in [-0.3, -0.25) is 0 Å². The number of aromatic nitrogens is 1. The summed E-state index contributed by atoms with van der Waals surface area (Å²) >= 11 is 1.82. The van der Waals surface area contributed by atoms with Crippen molar-refractivity contribution >= 4 is 22.4 Å². The summed E-state index contributed by atoms with van der Waals surface area (Å²) in [6.45, 7) is 5.28. The minimum absolute atomic E-state index is 0.276. The van der Waals surface area contributed by atoms with E-state index < -0.39 is 0 Å². The highest BCUT2D eigenvalue weighted by atomic mass is 32.1. The van der Waals surface area contributed by atoms with E-state index in [4.69, 9.17) is 4.42 Å². The molecule has 4 heteroatoms. The molecule has 110 valence electrons. The first-order valence-corrected chi connectivity index (χ1v) is 8.33. The largest absolute Gasteiger partial charge is 0.441 e. The van der Waals surface area contributed by atoms with Crippen LogP contribution in [-0.2, 0) is 12.8 Å². The molecule has 0 aliphatic carbocycles. The molecule has 1 N–H and O–H groups in total. The number of nitrogens with one attached hydrogen (secondary N) is 1. The molecule has 0 amide bonds. The molecular formula is C17H20N2OS. The zero-order valence-corrected chi connectivity index (χ0v) is 13.2. The van der Waals surface area contributed by atoms with E-state index in [1.54, 1.807) is 0 Å². The Labute approximate surface area is 129 Å². The number of aryl methyl sites for hydroxylation is 1. The van der Waals surface area contributed by atoms with E-state index in [1.165, 1.54) is 10.4 Å². The average molecular weight is 300 g/mol. The van der Waals surface area contributed by atoms with Crippen LogP contribution in [0.4, 0.5) is 0 Å². The van der Waals surface area contributed by atoms with Crippen LogP contribution in [0.5, 0.6) is 0 Å². The molecule has 0 radical (unpaired) electrons. The highest BCUT2D eigenvalue weighted by Crippen LogP contribution is 2.28. The lowest BCUT2D eigenvalue weighted by Gasteiger charge is -2.16. The fourth-order valence-electron chi connectivity index (χ4n) is 2.63. The van der Waals surface area contributed by atoms with Gasteiger partial charge in [0.25, 0.3) is 0 Å². The normalized spacial score (nSPS) is 12.9. The van der Waals surface area contributed by atoms with E-state index in [2.05, 4.69) is 35.6 Å². The van der Waals surface area contributed by atoms with Crippen LogP contribution in [0, 0.1) is 0 Å². The van der Waals surface area contributed by atoms with Crippen molar-refractivity contribution in [1.82, 2.24) is 10.3 Å². The van der Waals surface area contributed by atoms with E-state index in [0.717, 1.165) is 36.4 Å². The van der Waals surface area contributed by atoms with E-state index >= 15 is 0 Å². The van der Waals surface area contributed by atoms with Crippen molar-refractivity contribution in [3.05, 3.63) is 52.0 Å². The Morgan fingerprint density at radius 1 is 1.24 bits per heavy atom. The number of likely N-dealkylation sites (N-methyl/N-ethyl adjacent to an activating group) is 1. The molecule has 1 atom stereocenters. The first-order valence-electron chi connectivity index (χ1n) is 7.46. The number of nitrogens with zero attached hydrogens (tertiary/aromatic N) is 1. The van der Waals surface area contributed by atoms with E-state index in [0.29, 0.717) is 0 Å².